The summed E-state index contributed by atoms with van der Waals surface area (Å²) in [7, 11) is 0. The molecule has 4 rings (SSSR count). The monoisotopic (exact) mass is 588 g/mol. The van der Waals surface area contributed by atoms with Crippen molar-refractivity contribution in [2.45, 2.75) is 81.8 Å². The Morgan fingerprint density at radius 1 is 1.15 bits per heavy atom. The smallest absolute Gasteiger partial charge is 0.367 e. The van der Waals surface area contributed by atoms with E-state index in [2.05, 4.69) is 15.4 Å². The van der Waals surface area contributed by atoms with Crippen LogP contribution in [-0.2, 0) is 33.4 Å². The molecular weight excluding hydrogens is 558 g/mol. The molecule has 3 heterocycles. The van der Waals surface area contributed by atoms with Gasteiger partial charge in [0.15, 0.2) is 11.4 Å². The van der Waals surface area contributed by atoms with Crippen molar-refractivity contribution < 1.29 is 59.8 Å². The molecule has 5 N–H and O–H groups in total. The second-order valence-corrected chi connectivity index (χ2v) is 10.9. The molecule has 0 radical (unpaired) electrons. The lowest BCUT2D eigenvalue weighted by Crippen LogP contribution is -2.67. The SMILES string of the molecule is CC(C)C[C@H](C(=O)N[C@@H](C[C@@H]1CCNC1=O)C(=O)COC(F)(F)F)C1OC2(C(N)=O)CC1(NC(=O)C(F)(F)F)C2. The number of Topliss-reactive ketones (excluding diaryl/α,β-unsaturated/α-hetero) is 1. The lowest BCUT2D eigenvalue weighted by Gasteiger charge is -2.45. The van der Waals surface area contributed by atoms with Crippen LogP contribution in [0.25, 0.3) is 0 Å². The summed E-state index contributed by atoms with van der Waals surface area (Å²) in [5, 5.41) is 6.66. The molecule has 17 heteroatoms. The summed E-state index contributed by atoms with van der Waals surface area (Å²) in [4.78, 5) is 62.2. The lowest BCUT2D eigenvalue weighted by atomic mass is 9.63. The lowest BCUT2D eigenvalue weighted by molar-refractivity contribution is -0.321. The number of alkyl halides is 6. The highest BCUT2D eigenvalue weighted by Crippen LogP contribution is 2.58. The Kier molecular flexibility index (Phi) is 8.79. The van der Waals surface area contributed by atoms with Gasteiger partial charge in [0.05, 0.1) is 23.6 Å². The van der Waals surface area contributed by atoms with Crippen LogP contribution in [0.1, 0.15) is 46.0 Å². The molecule has 3 saturated heterocycles. The van der Waals surface area contributed by atoms with Gasteiger partial charge >= 0.3 is 18.4 Å². The second kappa shape index (κ2) is 11.1. The first-order chi connectivity index (χ1) is 18.3. The van der Waals surface area contributed by atoms with Crippen LogP contribution in [0, 0.1) is 17.8 Å². The van der Waals surface area contributed by atoms with E-state index in [4.69, 9.17) is 10.5 Å². The molecule has 4 fully saturated rings. The predicted octanol–water partition coefficient (Wildman–Crippen LogP) is 0.599. The molecule has 1 saturated carbocycles. The van der Waals surface area contributed by atoms with Crippen molar-refractivity contribution in [3.8, 4) is 0 Å². The molecule has 11 nitrogen and oxygen atoms in total. The minimum atomic E-state index is -5.29. The number of fused-ring (bicyclic) bond motifs is 1. The third-order valence-corrected chi connectivity index (χ3v) is 7.36. The number of hydrogen-bond acceptors (Lipinski definition) is 7. The maximum Gasteiger partial charge on any atom is 0.522 e. The molecule has 226 valence electrons. The second-order valence-electron chi connectivity index (χ2n) is 10.9. The van der Waals surface area contributed by atoms with E-state index < -0.39 is 96.5 Å². The first-order valence-corrected chi connectivity index (χ1v) is 12.5. The van der Waals surface area contributed by atoms with Crippen LogP contribution in [0.2, 0.25) is 0 Å². The molecule has 40 heavy (non-hydrogen) atoms. The van der Waals surface area contributed by atoms with Crippen molar-refractivity contribution in [1.29, 1.82) is 0 Å². The van der Waals surface area contributed by atoms with Gasteiger partial charge in [0.25, 0.3) is 0 Å². The Morgan fingerprint density at radius 2 is 1.77 bits per heavy atom. The summed E-state index contributed by atoms with van der Waals surface area (Å²) in [5.41, 5.74) is 1.85. The third-order valence-electron chi connectivity index (χ3n) is 7.36. The summed E-state index contributed by atoms with van der Waals surface area (Å²) in [6.45, 7) is 2.11. The number of ketones is 1. The maximum atomic E-state index is 13.5. The molecule has 1 aliphatic carbocycles. The molecule has 3 aliphatic heterocycles. The average Bonchev–Trinajstić information content (AvgIpc) is 3.44. The standard InChI is InChI=1S/C23H30F6N4O7/c1-10(2)5-12(15-20(33-19(38)22(24,25)26)8-21(9-20,40-15)18(30)37)17(36)32-13(6-11-3-4-31-16(11)35)14(34)7-39-23(27,28)29/h10-13,15H,3-9H2,1-2H3,(H2,30,37)(H,31,35)(H,32,36)(H,33,38)/t11-,12-,13-,15?,20?,21?/m0/s1. The van der Waals surface area contributed by atoms with E-state index in [1.807, 2.05) is 5.32 Å². The summed E-state index contributed by atoms with van der Waals surface area (Å²) in [6, 6.07) is -1.62. The van der Waals surface area contributed by atoms with Crippen molar-refractivity contribution in [2.24, 2.45) is 23.5 Å². The van der Waals surface area contributed by atoms with E-state index >= 15 is 0 Å². The molecule has 2 bridgehead atoms. The summed E-state index contributed by atoms with van der Waals surface area (Å²) < 4.78 is 86.3. The van der Waals surface area contributed by atoms with Gasteiger partial charge in [0.1, 0.15) is 6.61 Å². The maximum absolute atomic E-state index is 13.5. The van der Waals surface area contributed by atoms with Crippen LogP contribution < -0.4 is 21.7 Å². The average molecular weight is 589 g/mol. The van der Waals surface area contributed by atoms with Crippen molar-refractivity contribution in [1.82, 2.24) is 16.0 Å². The number of primary amides is 1. The van der Waals surface area contributed by atoms with E-state index in [0.29, 0.717) is 0 Å². The summed E-state index contributed by atoms with van der Waals surface area (Å²) >= 11 is 0. The molecule has 4 aliphatic rings. The third kappa shape index (κ3) is 6.85. The van der Waals surface area contributed by atoms with Crippen LogP contribution >= 0.6 is 0 Å². The van der Waals surface area contributed by atoms with Crippen molar-refractivity contribution in [3.63, 3.8) is 0 Å². The quantitative estimate of drug-likeness (QED) is 0.242. The number of rotatable bonds is 12. The molecule has 0 aromatic carbocycles. The number of hydrogen-bond donors (Lipinski definition) is 4. The zero-order chi connectivity index (χ0) is 30.3. The number of ether oxygens (including phenoxy) is 2. The number of carbonyl (C=O) groups is 5. The van der Waals surface area contributed by atoms with Crippen LogP contribution in [0.3, 0.4) is 0 Å². The predicted molar refractivity (Wildman–Crippen MR) is 121 cm³/mol. The minimum Gasteiger partial charge on any atom is -0.367 e. The summed E-state index contributed by atoms with van der Waals surface area (Å²) in [6.07, 6.45) is -13.0. The van der Waals surface area contributed by atoms with Crippen molar-refractivity contribution in [3.05, 3.63) is 0 Å². The number of nitrogens with two attached hydrogens (primary N) is 1. The van der Waals surface area contributed by atoms with Gasteiger partial charge in [0.2, 0.25) is 17.7 Å². The van der Waals surface area contributed by atoms with E-state index in [9.17, 15) is 50.3 Å². The number of carbonyl (C=O) groups excluding carboxylic acids is 5. The van der Waals surface area contributed by atoms with E-state index in [0.717, 1.165) is 0 Å². The van der Waals surface area contributed by atoms with Gasteiger partial charge in [-0.3, -0.25) is 28.7 Å². The van der Waals surface area contributed by atoms with Crippen molar-refractivity contribution >= 4 is 29.4 Å². The van der Waals surface area contributed by atoms with Crippen molar-refractivity contribution in [2.75, 3.05) is 13.2 Å². The van der Waals surface area contributed by atoms with Crippen LogP contribution in [0.15, 0.2) is 0 Å². The Labute approximate surface area is 224 Å². The van der Waals surface area contributed by atoms with Gasteiger partial charge in [-0.1, -0.05) is 13.8 Å². The molecule has 0 aromatic rings. The van der Waals surface area contributed by atoms with Gasteiger partial charge in [0, 0.05) is 25.3 Å². The number of amides is 4. The Bertz CT molecular complexity index is 1040. The molecule has 0 spiro atoms. The molecular formula is C23H30F6N4O7. The number of nitrogens with one attached hydrogen (secondary N) is 3. The van der Waals surface area contributed by atoms with Crippen LogP contribution in [0.5, 0.6) is 0 Å². The van der Waals surface area contributed by atoms with Gasteiger partial charge in [-0.05, 0) is 25.2 Å². The largest absolute Gasteiger partial charge is 0.522 e. The first-order valence-electron chi connectivity index (χ1n) is 12.5. The highest BCUT2D eigenvalue weighted by Gasteiger charge is 2.74. The van der Waals surface area contributed by atoms with Gasteiger partial charge in [-0.25, -0.2) is 0 Å². The Morgan fingerprint density at radius 3 is 2.25 bits per heavy atom. The minimum absolute atomic E-state index is 0.0706. The van der Waals surface area contributed by atoms with Gasteiger partial charge in [-0.15, -0.1) is 13.2 Å². The highest BCUT2D eigenvalue weighted by atomic mass is 19.4. The fraction of sp³-hybridized carbons (Fsp3) is 0.783. The topological polar surface area (TPSA) is 166 Å². The van der Waals surface area contributed by atoms with Crippen LogP contribution in [0.4, 0.5) is 26.3 Å². The normalized spacial score (nSPS) is 29.4. The molecule has 4 amide bonds. The zero-order valence-corrected chi connectivity index (χ0v) is 21.5. The Balaban J connectivity index is 1.89. The number of halogens is 6. The fourth-order valence-electron chi connectivity index (χ4n) is 5.60. The summed E-state index contributed by atoms with van der Waals surface area (Å²) in [5.74, 6) is -8.48. The fourth-order valence-corrected chi connectivity index (χ4v) is 5.60. The van der Waals surface area contributed by atoms with E-state index in [1.165, 1.54) is 0 Å². The zero-order valence-electron chi connectivity index (χ0n) is 21.5. The molecule has 0 aromatic heterocycles. The molecule has 4 atom stereocenters. The van der Waals surface area contributed by atoms with Gasteiger partial charge in [-0.2, -0.15) is 13.2 Å². The Hall–Kier alpha value is -2.95. The van der Waals surface area contributed by atoms with Gasteiger partial charge < -0.3 is 26.4 Å². The van der Waals surface area contributed by atoms with E-state index in [-0.39, 0.29) is 31.7 Å². The van der Waals surface area contributed by atoms with Crippen LogP contribution in [-0.4, -0.2) is 78.4 Å². The first kappa shape index (κ1) is 31.6. The highest BCUT2D eigenvalue weighted by molar-refractivity contribution is 5.93. The van der Waals surface area contributed by atoms with E-state index in [1.54, 1.807) is 13.8 Å². The molecule has 1 unspecified atom stereocenters.